The summed E-state index contributed by atoms with van der Waals surface area (Å²) in [5.41, 5.74) is -0.140. The van der Waals surface area contributed by atoms with Crippen LogP contribution in [-0.2, 0) is 4.79 Å². The van der Waals surface area contributed by atoms with Crippen LogP contribution in [-0.4, -0.2) is 43.6 Å². The van der Waals surface area contributed by atoms with Crippen LogP contribution in [0.5, 0.6) is 5.75 Å². The average molecular weight is 309 g/mol. The lowest BCUT2D eigenvalue weighted by molar-refractivity contribution is -0.132. The molecular weight excluding hydrogens is 288 g/mol. The molecule has 1 N–H and O–H groups in total. The van der Waals surface area contributed by atoms with Gasteiger partial charge in [-0.1, -0.05) is 11.6 Å². The maximum Gasteiger partial charge on any atom is 0.227 e. The lowest BCUT2D eigenvalue weighted by atomic mass is 9.79. The van der Waals surface area contributed by atoms with E-state index < -0.39 is 0 Å². The Morgan fingerprint density at radius 1 is 1.29 bits per heavy atom. The zero-order valence-corrected chi connectivity index (χ0v) is 12.9. The summed E-state index contributed by atoms with van der Waals surface area (Å²) in [7, 11) is 0. The van der Waals surface area contributed by atoms with Crippen molar-refractivity contribution in [3.05, 3.63) is 29.3 Å². The van der Waals surface area contributed by atoms with Crippen LogP contribution < -0.4 is 10.1 Å². The molecule has 1 atom stereocenters. The number of nitrogens with one attached hydrogen (secondary N) is 1. The Hall–Kier alpha value is -1.26. The molecule has 21 heavy (non-hydrogen) atoms. The minimum atomic E-state index is -0.140. The van der Waals surface area contributed by atoms with E-state index in [1.165, 1.54) is 0 Å². The molecule has 1 aromatic carbocycles. The number of hydrogen-bond donors (Lipinski definition) is 1. The summed E-state index contributed by atoms with van der Waals surface area (Å²) in [6.45, 7) is 4.18. The summed E-state index contributed by atoms with van der Waals surface area (Å²) in [4.78, 5) is 14.4. The lowest BCUT2D eigenvalue weighted by Crippen LogP contribution is -2.47. The van der Waals surface area contributed by atoms with E-state index in [-0.39, 0.29) is 11.3 Å². The molecule has 0 aliphatic carbocycles. The van der Waals surface area contributed by atoms with E-state index in [1.54, 1.807) is 0 Å². The van der Waals surface area contributed by atoms with Gasteiger partial charge in [-0.05, 0) is 50.1 Å². The molecule has 0 unspecified atom stereocenters. The number of amides is 1. The molecule has 0 saturated carbocycles. The van der Waals surface area contributed by atoms with E-state index in [1.807, 2.05) is 24.3 Å². The van der Waals surface area contributed by atoms with Gasteiger partial charge in [-0.2, -0.15) is 0 Å². The lowest BCUT2D eigenvalue weighted by Gasteiger charge is -2.32. The van der Waals surface area contributed by atoms with E-state index in [0.717, 1.165) is 51.2 Å². The predicted octanol–water partition coefficient (Wildman–Crippen LogP) is 2.32. The molecule has 2 saturated heterocycles. The second-order valence-electron chi connectivity index (χ2n) is 5.97. The van der Waals surface area contributed by atoms with E-state index in [2.05, 4.69) is 10.2 Å². The minimum absolute atomic E-state index is 0.140. The van der Waals surface area contributed by atoms with Crippen molar-refractivity contribution in [2.75, 3.05) is 32.8 Å². The Balaban J connectivity index is 1.47. The molecule has 114 valence electrons. The van der Waals surface area contributed by atoms with E-state index >= 15 is 0 Å². The summed E-state index contributed by atoms with van der Waals surface area (Å²) < 4.78 is 5.72. The van der Waals surface area contributed by atoms with E-state index in [9.17, 15) is 4.79 Å². The summed E-state index contributed by atoms with van der Waals surface area (Å²) in [6.07, 6.45) is 3.09. The summed E-state index contributed by atoms with van der Waals surface area (Å²) in [5.74, 6) is 1.08. The number of piperidine rings is 1. The smallest absolute Gasteiger partial charge is 0.227 e. The van der Waals surface area contributed by atoms with Gasteiger partial charge in [0.25, 0.3) is 0 Å². The Bertz CT molecular complexity index is 506. The molecule has 4 nitrogen and oxygen atoms in total. The van der Waals surface area contributed by atoms with Gasteiger partial charge in [0.05, 0.1) is 5.41 Å². The van der Waals surface area contributed by atoms with Crippen LogP contribution >= 0.6 is 11.6 Å². The second kappa shape index (κ2) is 6.24. The van der Waals surface area contributed by atoms with Gasteiger partial charge < -0.3 is 10.1 Å². The number of nitrogens with zero attached hydrogens (tertiary/aromatic N) is 1. The molecule has 1 amide bonds. The first kappa shape index (κ1) is 14.7. The van der Waals surface area contributed by atoms with Gasteiger partial charge in [-0.25, -0.2) is 0 Å². The summed E-state index contributed by atoms with van der Waals surface area (Å²) in [5, 5.41) is 3.73. The molecule has 3 rings (SSSR count). The van der Waals surface area contributed by atoms with Crippen molar-refractivity contribution in [2.24, 2.45) is 5.41 Å². The van der Waals surface area contributed by atoms with Gasteiger partial charge in [0, 0.05) is 24.7 Å². The Morgan fingerprint density at radius 2 is 2.10 bits per heavy atom. The predicted molar refractivity (Wildman–Crippen MR) is 82.7 cm³/mol. The summed E-state index contributed by atoms with van der Waals surface area (Å²) in [6, 6.07) is 7.41. The number of ether oxygens (including phenoxy) is 1. The third-order valence-corrected chi connectivity index (χ3v) is 4.77. The molecule has 0 bridgehead atoms. The molecule has 1 aromatic rings. The van der Waals surface area contributed by atoms with Crippen molar-refractivity contribution in [2.45, 2.75) is 19.3 Å². The van der Waals surface area contributed by atoms with Gasteiger partial charge in [-0.15, -0.1) is 0 Å². The van der Waals surface area contributed by atoms with Crippen LogP contribution in [0.1, 0.15) is 19.3 Å². The van der Waals surface area contributed by atoms with Crippen LogP contribution in [0.4, 0.5) is 0 Å². The minimum Gasteiger partial charge on any atom is -0.492 e. The SMILES string of the molecule is O=C1NCCC[C@@]12CCN(CCOc1ccc(Cl)cc1)C2. The zero-order valence-electron chi connectivity index (χ0n) is 12.1. The van der Waals surface area contributed by atoms with Crippen LogP contribution in [0.3, 0.4) is 0 Å². The van der Waals surface area contributed by atoms with Crippen molar-refractivity contribution in [3.8, 4) is 5.75 Å². The van der Waals surface area contributed by atoms with Crippen LogP contribution in [0.2, 0.25) is 5.02 Å². The number of carbonyl (C=O) groups excluding carboxylic acids is 1. The first-order chi connectivity index (χ1) is 10.2. The van der Waals surface area contributed by atoms with Crippen molar-refractivity contribution >= 4 is 17.5 Å². The normalized spacial score (nSPS) is 26.0. The molecule has 0 radical (unpaired) electrons. The van der Waals surface area contributed by atoms with Gasteiger partial charge in [0.15, 0.2) is 0 Å². The number of hydrogen-bond acceptors (Lipinski definition) is 3. The third kappa shape index (κ3) is 3.33. The van der Waals surface area contributed by atoms with Gasteiger partial charge in [-0.3, -0.25) is 9.69 Å². The van der Waals surface area contributed by atoms with Gasteiger partial charge >= 0.3 is 0 Å². The maximum absolute atomic E-state index is 12.1. The highest BCUT2D eigenvalue weighted by Crippen LogP contribution is 2.37. The highest BCUT2D eigenvalue weighted by molar-refractivity contribution is 6.30. The Labute approximate surface area is 130 Å². The molecular formula is C16H21ClN2O2. The van der Waals surface area contributed by atoms with Crippen molar-refractivity contribution in [1.29, 1.82) is 0 Å². The number of rotatable bonds is 4. The van der Waals surface area contributed by atoms with Crippen LogP contribution in [0.25, 0.3) is 0 Å². The fraction of sp³-hybridized carbons (Fsp3) is 0.562. The third-order valence-electron chi connectivity index (χ3n) is 4.52. The number of halogens is 1. The molecule has 0 aromatic heterocycles. The second-order valence-corrected chi connectivity index (χ2v) is 6.40. The molecule has 1 spiro atoms. The highest BCUT2D eigenvalue weighted by Gasteiger charge is 2.45. The zero-order chi connectivity index (χ0) is 14.7. The number of benzene rings is 1. The fourth-order valence-electron chi connectivity index (χ4n) is 3.29. The standard InChI is InChI=1S/C16H21ClN2O2/c17-13-2-4-14(5-3-13)21-11-10-19-9-7-16(12-19)6-1-8-18-15(16)20/h2-5H,1,6-12H2,(H,18,20)/t16-/m0/s1. The van der Waals surface area contributed by atoms with Crippen molar-refractivity contribution in [3.63, 3.8) is 0 Å². The van der Waals surface area contributed by atoms with Crippen LogP contribution in [0, 0.1) is 5.41 Å². The molecule has 2 aliphatic heterocycles. The Morgan fingerprint density at radius 3 is 2.86 bits per heavy atom. The van der Waals surface area contributed by atoms with Crippen molar-refractivity contribution < 1.29 is 9.53 Å². The first-order valence-corrected chi connectivity index (χ1v) is 7.95. The van der Waals surface area contributed by atoms with Gasteiger partial charge in [0.1, 0.15) is 12.4 Å². The van der Waals surface area contributed by atoms with E-state index in [0.29, 0.717) is 11.6 Å². The topological polar surface area (TPSA) is 41.6 Å². The fourth-order valence-corrected chi connectivity index (χ4v) is 3.42. The Kier molecular flexibility index (Phi) is 4.36. The van der Waals surface area contributed by atoms with Crippen molar-refractivity contribution in [1.82, 2.24) is 10.2 Å². The van der Waals surface area contributed by atoms with Gasteiger partial charge in [0.2, 0.25) is 5.91 Å². The molecule has 2 heterocycles. The van der Waals surface area contributed by atoms with Crippen LogP contribution in [0.15, 0.2) is 24.3 Å². The quantitative estimate of drug-likeness (QED) is 0.928. The average Bonchev–Trinajstić information content (AvgIpc) is 2.89. The number of likely N-dealkylation sites (tertiary alicyclic amines) is 1. The van der Waals surface area contributed by atoms with E-state index in [4.69, 9.17) is 16.3 Å². The molecule has 2 aliphatic rings. The maximum atomic E-state index is 12.1. The largest absolute Gasteiger partial charge is 0.492 e. The summed E-state index contributed by atoms with van der Waals surface area (Å²) >= 11 is 5.84. The first-order valence-electron chi connectivity index (χ1n) is 7.57. The highest BCUT2D eigenvalue weighted by atomic mass is 35.5. The molecule has 5 heteroatoms. The molecule has 2 fully saturated rings. The monoisotopic (exact) mass is 308 g/mol. The number of carbonyl (C=O) groups is 1.